The van der Waals surface area contributed by atoms with Gasteiger partial charge in [0.15, 0.2) is 0 Å². The second-order valence-corrected chi connectivity index (χ2v) is 15.5. The van der Waals surface area contributed by atoms with Crippen LogP contribution in [0.15, 0.2) is 279 Å². The van der Waals surface area contributed by atoms with Gasteiger partial charge < -0.3 is 10.2 Å². The van der Waals surface area contributed by atoms with E-state index in [-0.39, 0.29) is 0 Å². The number of nitrogens with zero attached hydrogens (tertiary/aromatic N) is 1. The molecular formula is C62H52N2. The highest BCUT2D eigenvalue weighted by molar-refractivity contribution is 5.80. The van der Waals surface area contributed by atoms with E-state index in [1.165, 1.54) is 50.1 Å². The van der Waals surface area contributed by atoms with E-state index in [0.29, 0.717) is 0 Å². The van der Waals surface area contributed by atoms with Crippen LogP contribution >= 0.6 is 0 Å². The zero-order valence-corrected chi connectivity index (χ0v) is 36.2. The zero-order valence-electron chi connectivity index (χ0n) is 36.2. The van der Waals surface area contributed by atoms with Gasteiger partial charge >= 0.3 is 0 Å². The average Bonchev–Trinajstić information content (AvgIpc) is 3.68. The number of anilines is 5. The monoisotopic (exact) mass is 824 g/mol. The molecule has 0 aromatic heterocycles. The minimum atomic E-state index is 0.953. The van der Waals surface area contributed by atoms with Gasteiger partial charge in [-0.05, 0) is 119 Å². The fraction of sp³-hybridized carbons (Fsp3) is 0.0323. The van der Waals surface area contributed by atoms with E-state index in [1.807, 2.05) is 48.5 Å². The van der Waals surface area contributed by atoms with Gasteiger partial charge in [-0.2, -0.15) is 0 Å². The molecule has 0 unspecified atom stereocenters. The lowest BCUT2D eigenvalue weighted by molar-refractivity contribution is 1.27. The Bertz CT molecular complexity index is 2740. The van der Waals surface area contributed by atoms with Gasteiger partial charge in [0.2, 0.25) is 0 Å². The van der Waals surface area contributed by atoms with Gasteiger partial charge in [-0.3, -0.25) is 0 Å². The minimum Gasteiger partial charge on any atom is -0.356 e. The van der Waals surface area contributed by atoms with Crippen molar-refractivity contribution < 1.29 is 0 Å². The van der Waals surface area contributed by atoms with Crippen molar-refractivity contribution in [3.63, 3.8) is 0 Å². The number of allylic oxidation sites excluding steroid dienone is 6. The Morgan fingerprint density at radius 1 is 0.312 bits per heavy atom. The lowest BCUT2D eigenvalue weighted by Gasteiger charge is -2.26. The Balaban J connectivity index is 0.000000159. The highest BCUT2D eigenvalue weighted by atomic mass is 15.1. The summed E-state index contributed by atoms with van der Waals surface area (Å²) in [5.41, 5.74) is 16.9. The number of hydrogen-bond acceptors (Lipinski definition) is 2. The Morgan fingerprint density at radius 3 is 1.05 bits per heavy atom. The molecule has 0 heterocycles. The van der Waals surface area contributed by atoms with Crippen molar-refractivity contribution >= 4 is 34.0 Å². The van der Waals surface area contributed by atoms with Crippen LogP contribution in [0.25, 0.3) is 39.0 Å². The molecule has 0 fully saturated rings. The lowest BCUT2D eigenvalue weighted by Crippen LogP contribution is -2.10. The molecule has 0 saturated heterocycles. The van der Waals surface area contributed by atoms with E-state index in [2.05, 4.69) is 248 Å². The highest BCUT2D eigenvalue weighted by Gasteiger charge is 2.13. The summed E-state index contributed by atoms with van der Waals surface area (Å²) < 4.78 is 0. The molecule has 0 radical (unpaired) electrons. The predicted molar refractivity (Wildman–Crippen MR) is 276 cm³/mol. The number of hydrogen-bond donors (Lipinski definition) is 1. The summed E-state index contributed by atoms with van der Waals surface area (Å²) in [6.45, 7) is 2.13. The van der Waals surface area contributed by atoms with Crippen molar-refractivity contribution in [2.45, 2.75) is 13.3 Å². The average molecular weight is 825 g/mol. The number of benzene rings is 9. The maximum absolute atomic E-state index is 3.46. The third-order valence-corrected chi connectivity index (χ3v) is 11.0. The highest BCUT2D eigenvalue weighted by Crippen LogP contribution is 2.37. The van der Waals surface area contributed by atoms with Crippen LogP contribution in [0.4, 0.5) is 28.4 Å². The lowest BCUT2D eigenvalue weighted by atomic mass is 10.0. The summed E-state index contributed by atoms with van der Waals surface area (Å²) in [6, 6.07) is 86.9. The normalized spacial score (nSPS) is 11.4. The van der Waals surface area contributed by atoms with Crippen LogP contribution in [0.3, 0.4) is 0 Å². The third kappa shape index (κ3) is 11.8. The standard InChI is InChI=1S/C32H27N.C24H19N.C6H6/c1-25-13-19-30(20-14-25)33(32-23-17-29(18-24-32)27-11-7-4-8-12-27)31-21-15-28(16-22-31)26-9-5-2-3-6-10-26;1-3-7-19(8-4-1)21-11-15-23(16-12-21)25-24-17-13-22(14-18-24)20-9-5-2-6-10-20;1-2-4-6-5-3-1/h2-9,11-24H,10H2,1H3;1-18,25H;1-6H. The van der Waals surface area contributed by atoms with Crippen LogP contribution in [0.2, 0.25) is 0 Å². The molecule has 0 aliphatic heterocycles. The minimum absolute atomic E-state index is 0.953. The second kappa shape index (κ2) is 22.1. The van der Waals surface area contributed by atoms with Gasteiger partial charge in [0.05, 0.1) is 0 Å². The SMILES string of the molecule is Cc1ccc(N(c2ccc(C3=CC=CC=CC3)cc2)c2ccc(-c3ccccc3)cc2)cc1.c1ccc(-c2ccc(Nc3ccc(-c4ccccc4)cc3)cc2)cc1.c1ccccc1. The van der Waals surface area contributed by atoms with Crippen LogP contribution in [0.5, 0.6) is 0 Å². The zero-order chi connectivity index (χ0) is 43.6. The van der Waals surface area contributed by atoms with E-state index in [9.17, 15) is 0 Å². The van der Waals surface area contributed by atoms with Crippen LogP contribution in [-0.4, -0.2) is 0 Å². The molecule has 1 aliphatic carbocycles. The molecular weight excluding hydrogens is 773 g/mol. The van der Waals surface area contributed by atoms with Crippen molar-refractivity contribution in [3.8, 4) is 33.4 Å². The van der Waals surface area contributed by atoms with Crippen molar-refractivity contribution in [2.24, 2.45) is 0 Å². The smallest absolute Gasteiger partial charge is 0.0462 e. The maximum Gasteiger partial charge on any atom is 0.0462 e. The molecule has 1 N–H and O–H groups in total. The summed E-state index contributed by atoms with van der Waals surface area (Å²) in [5, 5.41) is 3.46. The quantitative estimate of drug-likeness (QED) is 0.156. The molecule has 0 amide bonds. The van der Waals surface area contributed by atoms with Crippen LogP contribution in [0, 0.1) is 6.92 Å². The fourth-order valence-corrected chi connectivity index (χ4v) is 7.50. The summed E-state index contributed by atoms with van der Waals surface area (Å²) in [6.07, 6.45) is 11.7. The molecule has 10 rings (SSSR count). The first-order valence-electron chi connectivity index (χ1n) is 21.9. The molecule has 9 aromatic carbocycles. The first-order valence-corrected chi connectivity index (χ1v) is 21.9. The molecule has 0 atom stereocenters. The van der Waals surface area contributed by atoms with Crippen molar-refractivity contribution in [1.82, 2.24) is 0 Å². The molecule has 0 saturated carbocycles. The molecule has 1 aliphatic rings. The fourth-order valence-electron chi connectivity index (χ4n) is 7.50. The molecule has 9 aromatic rings. The van der Waals surface area contributed by atoms with Crippen LogP contribution in [0.1, 0.15) is 17.5 Å². The molecule has 0 bridgehead atoms. The number of nitrogens with one attached hydrogen (secondary N) is 1. The maximum atomic E-state index is 3.46. The van der Waals surface area contributed by atoms with Crippen LogP contribution in [-0.2, 0) is 0 Å². The predicted octanol–water partition coefficient (Wildman–Crippen LogP) is 17.5. The largest absolute Gasteiger partial charge is 0.356 e. The van der Waals surface area contributed by atoms with E-state index in [4.69, 9.17) is 0 Å². The van der Waals surface area contributed by atoms with E-state index < -0.39 is 0 Å². The molecule has 0 spiro atoms. The topological polar surface area (TPSA) is 15.3 Å². The summed E-state index contributed by atoms with van der Waals surface area (Å²) in [5.74, 6) is 0. The van der Waals surface area contributed by atoms with Crippen molar-refractivity contribution in [3.05, 3.63) is 290 Å². The van der Waals surface area contributed by atoms with E-state index in [0.717, 1.165) is 34.9 Å². The van der Waals surface area contributed by atoms with Gasteiger partial charge in [-0.1, -0.05) is 224 Å². The third-order valence-electron chi connectivity index (χ3n) is 11.0. The van der Waals surface area contributed by atoms with Crippen LogP contribution < -0.4 is 10.2 Å². The Labute approximate surface area is 379 Å². The van der Waals surface area contributed by atoms with Gasteiger partial charge in [-0.25, -0.2) is 0 Å². The first kappa shape index (κ1) is 42.5. The summed E-state index contributed by atoms with van der Waals surface area (Å²) in [4.78, 5) is 2.32. The van der Waals surface area contributed by atoms with E-state index >= 15 is 0 Å². The van der Waals surface area contributed by atoms with E-state index in [1.54, 1.807) is 0 Å². The van der Waals surface area contributed by atoms with Gasteiger partial charge in [0.1, 0.15) is 0 Å². The van der Waals surface area contributed by atoms with Gasteiger partial charge in [0, 0.05) is 28.4 Å². The summed E-state index contributed by atoms with van der Waals surface area (Å²) >= 11 is 0. The first-order chi connectivity index (χ1) is 31.7. The number of aryl methyl sites for hydroxylation is 1. The Morgan fingerprint density at radius 2 is 0.641 bits per heavy atom. The summed E-state index contributed by atoms with van der Waals surface area (Å²) in [7, 11) is 0. The van der Waals surface area contributed by atoms with Gasteiger partial charge in [-0.15, -0.1) is 0 Å². The second-order valence-electron chi connectivity index (χ2n) is 15.5. The Kier molecular flexibility index (Phi) is 14.6. The molecule has 2 heteroatoms. The van der Waals surface area contributed by atoms with Crippen molar-refractivity contribution in [2.75, 3.05) is 10.2 Å². The van der Waals surface area contributed by atoms with Gasteiger partial charge in [0.25, 0.3) is 0 Å². The Hall–Kier alpha value is -8.20. The molecule has 310 valence electrons. The molecule has 2 nitrogen and oxygen atoms in total. The molecule has 64 heavy (non-hydrogen) atoms. The van der Waals surface area contributed by atoms with Crippen molar-refractivity contribution in [1.29, 1.82) is 0 Å². The number of rotatable bonds is 9.